The van der Waals surface area contributed by atoms with E-state index in [0.717, 1.165) is 6.42 Å². The van der Waals surface area contributed by atoms with Gasteiger partial charge in [-0.15, -0.1) is 0 Å². The van der Waals surface area contributed by atoms with E-state index in [0.29, 0.717) is 0 Å². The van der Waals surface area contributed by atoms with Gasteiger partial charge in [0.2, 0.25) is 0 Å². The first kappa shape index (κ1) is 19.8. The summed E-state index contributed by atoms with van der Waals surface area (Å²) in [6, 6.07) is 18.0. The standard InChI is InChI=1S/C25H36/c1-3-5-7-12-17-23-18-14-19-24(21-22-15-10-9-11-16-22)25(23)20-13-8-6-4-2/h9-11,14-16,18-19H,3-8,12-13,17,20-21H2,1-2H3. The molecule has 0 aromatic heterocycles. The van der Waals surface area contributed by atoms with E-state index < -0.39 is 0 Å². The van der Waals surface area contributed by atoms with Crippen LogP contribution in [0.5, 0.6) is 0 Å². The van der Waals surface area contributed by atoms with E-state index in [4.69, 9.17) is 0 Å². The van der Waals surface area contributed by atoms with E-state index in [1.54, 1.807) is 16.7 Å². The molecule has 0 bridgehead atoms. The zero-order valence-electron chi connectivity index (χ0n) is 16.4. The Bertz CT molecular complexity index is 582. The number of hydrogen-bond donors (Lipinski definition) is 0. The van der Waals surface area contributed by atoms with Gasteiger partial charge in [0.05, 0.1) is 0 Å². The van der Waals surface area contributed by atoms with E-state index >= 15 is 0 Å². The van der Waals surface area contributed by atoms with Crippen LogP contribution in [-0.2, 0) is 19.3 Å². The van der Waals surface area contributed by atoms with Crippen molar-refractivity contribution < 1.29 is 0 Å². The average molecular weight is 337 g/mol. The molecule has 0 spiro atoms. The third-order valence-electron chi connectivity index (χ3n) is 5.19. The lowest BCUT2D eigenvalue weighted by atomic mass is 9.90. The summed E-state index contributed by atoms with van der Waals surface area (Å²) >= 11 is 0. The summed E-state index contributed by atoms with van der Waals surface area (Å²) in [5, 5.41) is 0. The molecule has 2 rings (SSSR count). The zero-order valence-corrected chi connectivity index (χ0v) is 16.4. The SMILES string of the molecule is CCCCCCc1cccc(Cc2ccccc2)c1CCCCCC. The first-order chi connectivity index (χ1) is 12.3. The third kappa shape index (κ3) is 7.06. The van der Waals surface area contributed by atoms with Gasteiger partial charge in [-0.05, 0) is 54.4 Å². The molecule has 0 N–H and O–H groups in total. The highest BCUT2D eigenvalue weighted by Crippen LogP contribution is 2.23. The number of aryl methyl sites for hydroxylation is 1. The maximum Gasteiger partial charge on any atom is -0.00229 e. The molecule has 0 amide bonds. The van der Waals surface area contributed by atoms with Crippen molar-refractivity contribution in [2.24, 2.45) is 0 Å². The fraction of sp³-hybridized carbons (Fsp3) is 0.520. The Morgan fingerprint density at radius 1 is 0.560 bits per heavy atom. The maximum atomic E-state index is 2.38. The van der Waals surface area contributed by atoms with Crippen LogP contribution in [0.2, 0.25) is 0 Å². The van der Waals surface area contributed by atoms with Gasteiger partial charge in [-0.25, -0.2) is 0 Å². The average Bonchev–Trinajstić information content (AvgIpc) is 2.64. The van der Waals surface area contributed by atoms with Crippen LogP contribution in [0.1, 0.15) is 87.5 Å². The molecule has 0 aliphatic carbocycles. The number of unbranched alkanes of at least 4 members (excludes halogenated alkanes) is 6. The molecule has 0 heteroatoms. The summed E-state index contributed by atoms with van der Waals surface area (Å²) in [5.74, 6) is 0. The molecule has 0 saturated carbocycles. The zero-order chi connectivity index (χ0) is 17.7. The fourth-order valence-electron chi connectivity index (χ4n) is 3.70. The van der Waals surface area contributed by atoms with E-state index in [1.165, 1.54) is 69.8 Å². The lowest BCUT2D eigenvalue weighted by molar-refractivity contribution is 0.648. The third-order valence-corrected chi connectivity index (χ3v) is 5.19. The molecule has 0 fully saturated rings. The van der Waals surface area contributed by atoms with Gasteiger partial charge in [0.25, 0.3) is 0 Å². The molecular formula is C25H36. The van der Waals surface area contributed by atoms with Crippen molar-refractivity contribution in [2.45, 2.75) is 84.5 Å². The summed E-state index contributed by atoms with van der Waals surface area (Å²) in [6.07, 6.45) is 14.4. The number of rotatable bonds is 12. The van der Waals surface area contributed by atoms with Crippen LogP contribution in [0, 0.1) is 0 Å². The highest BCUT2D eigenvalue weighted by molar-refractivity contribution is 5.39. The molecule has 2 aromatic carbocycles. The van der Waals surface area contributed by atoms with Gasteiger partial charge in [-0.2, -0.15) is 0 Å². The van der Waals surface area contributed by atoms with Gasteiger partial charge >= 0.3 is 0 Å². The van der Waals surface area contributed by atoms with Gasteiger partial charge in [0.1, 0.15) is 0 Å². The Morgan fingerprint density at radius 3 is 1.88 bits per heavy atom. The Balaban J connectivity index is 2.11. The molecule has 0 aliphatic heterocycles. The molecule has 0 unspecified atom stereocenters. The summed E-state index contributed by atoms with van der Waals surface area (Å²) in [6.45, 7) is 4.59. The second-order valence-electron chi connectivity index (χ2n) is 7.34. The van der Waals surface area contributed by atoms with Gasteiger partial charge in [-0.1, -0.05) is 101 Å². The summed E-state index contributed by atoms with van der Waals surface area (Å²) in [7, 11) is 0. The highest BCUT2D eigenvalue weighted by atomic mass is 14.1. The molecule has 0 aliphatic rings. The number of benzene rings is 2. The van der Waals surface area contributed by atoms with Crippen molar-refractivity contribution in [3.63, 3.8) is 0 Å². The molecule has 0 nitrogen and oxygen atoms in total. The normalized spacial score (nSPS) is 11.0. The predicted molar refractivity (Wildman–Crippen MR) is 111 cm³/mol. The Morgan fingerprint density at radius 2 is 1.20 bits per heavy atom. The van der Waals surface area contributed by atoms with E-state index in [9.17, 15) is 0 Å². The minimum Gasteiger partial charge on any atom is -0.0654 e. The molecule has 0 radical (unpaired) electrons. The summed E-state index contributed by atoms with van der Waals surface area (Å²) in [4.78, 5) is 0. The molecule has 0 heterocycles. The molecule has 0 atom stereocenters. The molecule has 25 heavy (non-hydrogen) atoms. The summed E-state index contributed by atoms with van der Waals surface area (Å²) < 4.78 is 0. The van der Waals surface area contributed by atoms with Crippen LogP contribution in [0.25, 0.3) is 0 Å². The molecule has 136 valence electrons. The Kier molecular flexibility index (Phi) is 9.41. The Labute approximate surface area is 155 Å². The largest absolute Gasteiger partial charge is 0.0654 e. The van der Waals surface area contributed by atoms with Gasteiger partial charge in [0.15, 0.2) is 0 Å². The molecule has 0 saturated heterocycles. The predicted octanol–water partition coefficient (Wildman–Crippen LogP) is 7.52. The van der Waals surface area contributed by atoms with Crippen molar-refractivity contribution in [3.8, 4) is 0 Å². The summed E-state index contributed by atoms with van der Waals surface area (Å²) in [5.41, 5.74) is 6.25. The van der Waals surface area contributed by atoms with Crippen molar-refractivity contribution in [3.05, 3.63) is 70.8 Å². The first-order valence-electron chi connectivity index (χ1n) is 10.5. The second kappa shape index (κ2) is 11.9. The van der Waals surface area contributed by atoms with Crippen LogP contribution in [0.3, 0.4) is 0 Å². The topological polar surface area (TPSA) is 0 Å². The van der Waals surface area contributed by atoms with Crippen molar-refractivity contribution >= 4 is 0 Å². The molecular weight excluding hydrogens is 300 g/mol. The molecule has 2 aromatic rings. The quantitative estimate of drug-likeness (QED) is 0.351. The minimum atomic E-state index is 1.08. The maximum absolute atomic E-state index is 2.38. The first-order valence-corrected chi connectivity index (χ1v) is 10.5. The van der Waals surface area contributed by atoms with Crippen LogP contribution in [-0.4, -0.2) is 0 Å². The lowest BCUT2D eigenvalue weighted by Crippen LogP contribution is -2.02. The van der Waals surface area contributed by atoms with Gasteiger partial charge in [-0.3, -0.25) is 0 Å². The van der Waals surface area contributed by atoms with Crippen LogP contribution in [0.15, 0.2) is 48.5 Å². The second-order valence-corrected chi connectivity index (χ2v) is 7.34. The lowest BCUT2D eigenvalue weighted by Gasteiger charge is -2.16. The Hall–Kier alpha value is -1.56. The van der Waals surface area contributed by atoms with E-state index in [1.807, 2.05) is 0 Å². The van der Waals surface area contributed by atoms with E-state index in [2.05, 4.69) is 62.4 Å². The minimum absolute atomic E-state index is 1.08. The van der Waals surface area contributed by atoms with Crippen molar-refractivity contribution in [2.75, 3.05) is 0 Å². The van der Waals surface area contributed by atoms with Gasteiger partial charge < -0.3 is 0 Å². The van der Waals surface area contributed by atoms with Crippen LogP contribution in [0.4, 0.5) is 0 Å². The van der Waals surface area contributed by atoms with Crippen LogP contribution < -0.4 is 0 Å². The number of hydrogen-bond acceptors (Lipinski definition) is 0. The monoisotopic (exact) mass is 336 g/mol. The van der Waals surface area contributed by atoms with Crippen LogP contribution >= 0.6 is 0 Å². The van der Waals surface area contributed by atoms with E-state index in [-0.39, 0.29) is 0 Å². The highest BCUT2D eigenvalue weighted by Gasteiger charge is 2.09. The fourth-order valence-corrected chi connectivity index (χ4v) is 3.70. The van der Waals surface area contributed by atoms with Gasteiger partial charge in [0, 0.05) is 0 Å². The van der Waals surface area contributed by atoms with Crippen molar-refractivity contribution in [1.29, 1.82) is 0 Å². The smallest absolute Gasteiger partial charge is 0.00229 e. The van der Waals surface area contributed by atoms with Crippen molar-refractivity contribution in [1.82, 2.24) is 0 Å².